The zero-order valence-electron chi connectivity index (χ0n) is 18.8. The number of amides is 1. The van der Waals surface area contributed by atoms with Gasteiger partial charge in [-0.2, -0.15) is 13.2 Å². The fourth-order valence-electron chi connectivity index (χ4n) is 3.62. The highest BCUT2D eigenvalue weighted by atomic mass is 19.4. The molecule has 1 unspecified atom stereocenters. The Kier molecular flexibility index (Phi) is 8.31. The van der Waals surface area contributed by atoms with Crippen molar-refractivity contribution in [2.75, 3.05) is 37.8 Å². The van der Waals surface area contributed by atoms with Crippen molar-refractivity contribution in [3.05, 3.63) is 40.1 Å². The number of nitro groups is 1. The van der Waals surface area contributed by atoms with E-state index < -0.39 is 53.9 Å². The van der Waals surface area contributed by atoms with E-state index in [1.165, 1.54) is 18.2 Å². The Hall–Kier alpha value is -4.21. The van der Waals surface area contributed by atoms with Crippen LogP contribution in [0.3, 0.4) is 0 Å². The number of nitrogens with zero attached hydrogens (tertiary/aromatic N) is 3. The molecular formula is C21H19F4N5O7. The van der Waals surface area contributed by atoms with Gasteiger partial charge in [-0.15, -0.1) is 0 Å². The van der Waals surface area contributed by atoms with Crippen LogP contribution in [0.25, 0.3) is 10.9 Å². The Bertz CT molecular complexity index is 1250. The number of fused-ring (bicyclic) bond motifs is 1. The van der Waals surface area contributed by atoms with Gasteiger partial charge in [-0.3, -0.25) is 29.5 Å². The molecule has 1 aliphatic heterocycles. The zero-order valence-corrected chi connectivity index (χ0v) is 18.8. The number of benzene rings is 1. The van der Waals surface area contributed by atoms with E-state index in [9.17, 15) is 46.9 Å². The summed E-state index contributed by atoms with van der Waals surface area (Å²) in [7, 11) is 0. The molecule has 16 heteroatoms. The van der Waals surface area contributed by atoms with Gasteiger partial charge < -0.3 is 20.3 Å². The molecule has 2 heterocycles. The third-order valence-electron chi connectivity index (χ3n) is 5.35. The molecule has 2 aromatic rings. The SMILES string of the molecule is O=C(CC(NC(=O)c1cnc2cc([N+](=O)[O-])ccc2c1N1CCNCC1)C(=O)CF)OC(=O)C(F)(F)F. The van der Waals surface area contributed by atoms with Crippen molar-refractivity contribution >= 4 is 45.9 Å². The van der Waals surface area contributed by atoms with E-state index in [0.717, 1.165) is 6.20 Å². The summed E-state index contributed by atoms with van der Waals surface area (Å²) in [5.41, 5.74) is 0.0914. The average Bonchev–Trinajstić information content (AvgIpc) is 2.86. The van der Waals surface area contributed by atoms with Crippen LogP contribution in [0.2, 0.25) is 0 Å². The number of anilines is 1. The molecule has 1 aliphatic rings. The summed E-state index contributed by atoms with van der Waals surface area (Å²) in [6, 6.07) is 1.85. The first-order valence-electron chi connectivity index (χ1n) is 10.7. The monoisotopic (exact) mass is 529 g/mol. The summed E-state index contributed by atoms with van der Waals surface area (Å²) in [6.45, 7) is 0.208. The highest BCUT2D eigenvalue weighted by Gasteiger charge is 2.43. The molecule has 0 radical (unpaired) electrons. The van der Waals surface area contributed by atoms with Gasteiger partial charge in [-0.1, -0.05) is 0 Å². The van der Waals surface area contributed by atoms with E-state index in [-0.39, 0.29) is 16.8 Å². The number of piperazine rings is 1. The highest BCUT2D eigenvalue weighted by Crippen LogP contribution is 2.32. The molecule has 37 heavy (non-hydrogen) atoms. The minimum Gasteiger partial charge on any atom is -0.386 e. The summed E-state index contributed by atoms with van der Waals surface area (Å²) in [4.78, 5) is 64.2. The lowest BCUT2D eigenvalue weighted by Gasteiger charge is -2.32. The molecule has 3 rings (SSSR count). The van der Waals surface area contributed by atoms with E-state index in [4.69, 9.17) is 0 Å². The number of ether oxygens (including phenoxy) is 1. The van der Waals surface area contributed by atoms with E-state index in [0.29, 0.717) is 37.3 Å². The summed E-state index contributed by atoms with van der Waals surface area (Å²) < 4.78 is 53.7. The number of nitrogens with one attached hydrogen (secondary N) is 2. The van der Waals surface area contributed by atoms with Crippen molar-refractivity contribution in [3.63, 3.8) is 0 Å². The van der Waals surface area contributed by atoms with E-state index in [1.807, 2.05) is 0 Å². The van der Waals surface area contributed by atoms with Crippen LogP contribution in [0.5, 0.6) is 0 Å². The van der Waals surface area contributed by atoms with E-state index in [2.05, 4.69) is 20.4 Å². The Morgan fingerprint density at radius 3 is 2.49 bits per heavy atom. The van der Waals surface area contributed by atoms with Gasteiger partial charge in [0.1, 0.15) is 12.7 Å². The van der Waals surface area contributed by atoms with Crippen LogP contribution in [0.15, 0.2) is 24.4 Å². The zero-order chi connectivity index (χ0) is 27.3. The van der Waals surface area contributed by atoms with Crippen LogP contribution in [0.4, 0.5) is 28.9 Å². The maximum atomic E-state index is 13.1. The van der Waals surface area contributed by atoms with E-state index in [1.54, 1.807) is 4.90 Å². The molecule has 198 valence electrons. The second-order valence-electron chi connectivity index (χ2n) is 7.81. The molecule has 2 N–H and O–H groups in total. The first-order valence-corrected chi connectivity index (χ1v) is 10.7. The molecule has 1 saturated heterocycles. The van der Waals surface area contributed by atoms with Gasteiger partial charge in [-0.05, 0) is 6.07 Å². The van der Waals surface area contributed by atoms with Crippen LogP contribution < -0.4 is 15.5 Å². The smallest absolute Gasteiger partial charge is 0.386 e. The van der Waals surface area contributed by atoms with Crippen molar-refractivity contribution in [3.8, 4) is 0 Å². The number of nitro benzene ring substituents is 1. The predicted octanol–water partition coefficient (Wildman–Crippen LogP) is 1.21. The van der Waals surface area contributed by atoms with Gasteiger partial charge in [0.2, 0.25) is 0 Å². The number of alkyl halides is 4. The molecule has 0 bridgehead atoms. The number of esters is 2. The molecule has 0 aliphatic carbocycles. The number of ketones is 1. The van der Waals surface area contributed by atoms with Crippen LogP contribution in [0.1, 0.15) is 16.8 Å². The number of aromatic nitrogens is 1. The van der Waals surface area contributed by atoms with Gasteiger partial charge in [0.25, 0.3) is 11.6 Å². The molecule has 0 spiro atoms. The summed E-state index contributed by atoms with van der Waals surface area (Å²) in [5.74, 6) is -7.01. The number of halogens is 4. The van der Waals surface area contributed by atoms with Crippen molar-refractivity contribution in [2.24, 2.45) is 0 Å². The molecule has 1 amide bonds. The number of Topliss-reactive ketones (excluding diaryl/α,β-unsaturated/α-hetero) is 1. The van der Waals surface area contributed by atoms with E-state index >= 15 is 0 Å². The van der Waals surface area contributed by atoms with Gasteiger partial charge >= 0.3 is 18.1 Å². The Morgan fingerprint density at radius 1 is 1.22 bits per heavy atom. The molecular weight excluding hydrogens is 510 g/mol. The number of carbonyl (C=O) groups is 4. The van der Waals surface area contributed by atoms with Gasteiger partial charge in [0.15, 0.2) is 5.78 Å². The normalized spacial score (nSPS) is 14.6. The van der Waals surface area contributed by atoms with Crippen molar-refractivity contribution < 1.29 is 46.4 Å². The summed E-state index contributed by atoms with van der Waals surface area (Å²) in [5, 5.41) is 16.7. The number of hydrogen-bond acceptors (Lipinski definition) is 10. The number of pyridine rings is 1. The lowest BCUT2D eigenvalue weighted by Crippen LogP contribution is -2.46. The Balaban J connectivity index is 1.94. The second-order valence-corrected chi connectivity index (χ2v) is 7.81. The minimum atomic E-state index is -5.48. The van der Waals surface area contributed by atoms with Crippen LogP contribution >= 0.6 is 0 Å². The fourth-order valence-corrected chi connectivity index (χ4v) is 3.62. The number of non-ortho nitro benzene ring substituents is 1. The molecule has 1 fully saturated rings. The minimum absolute atomic E-state index is 0.139. The summed E-state index contributed by atoms with van der Waals surface area (Å²) in [6.07, 6.45) is -5.66. The molecule has 1 aromatic heterocycles. The second kappa shape index (κ2) is 11.2. The van der Waals surface area contributed by atoms with Crippen molar-refractivity contribution in [1.29, 1.82) is 0 Å². The van der Waals surface area contributed by atoms with Crippen molar-refractivity contribution in [2.45, 2.75) is 18.6 Å². The van der Waals surface area contributed by atoms with Crippen LogP contribution in [0, 0.1) is 10.1 Å². The molecule has 12 nitrogen and oxygen atoms in total. The molecule has 1 aromatic carbocycles. The van der Waals surface area contributed by atoms with Crippen LogP contribution in [-0.2, 0) is 19.1 Å². The largest absolute Gasteiger partial charge is 0.491 e. The lowest BCUT2D eigenvalue weighted by atomic mass is 10.0. The van der Waals surface area contributed by atoms with Crippen LogP contribution in [-0.4, -0.2) is 78.6 Å². The average molecular weight is 529 g/mol. The van der Waals surface area contributed by atoms with Gasteiger partial charge in [0, 0.05) is 49.9 Å². The standard InChI is InChI=1S/C21H19F4N5O7/c22-9-16(31)15(8-17(32)37-20(34)21(23,24)25)28-19(33)13-10-27-14-7-11(30(35)36)1-2-12(14)18(13)29-5-3-26-4-6-29/h1-2,7,10,15,26H,3-6,8-9H2,(H,28,33). The molecule has 1 atom stereocenters. The van der Waals surface area contributed by atoms with Crippen molar-refractivity contribution in [1.82, 2.24) is 15.6 Å². The fraction of sp³-hybridized carbons (Fsp3) is 0.381. The Morgan fingerprint density at radius 2 is 1.89 bits per heavy atom. The lowest BCUT2D eigenvalue weighted by molar-refractivity contribution is -0.384. The topological polar surface area (TPSA) is 161 Å². The maximum absolute atomic E-state index is 13.1. The number of rotatable bonds is 8. The maximum Gasteiger partial charge on any atom is 0.491 e. The highest BCUT2D eigenvalue weighted by molar-refractivity contribution is 6.09. The number of hydrogen-bond donors (Lipinski definition) is 2. The first-order chi connectivity index (χ1) is 17.4. The predicted molar refractivity (Wildman–Crippen MR) is 117 cm³/mol. The summed E-state index contributed by atoms with van der Waals surface area (Å²) >= 11 is 0. The van der Waals surface area contributed by atoms with Gasteiger partial charge in [0.05, 0.1) is 28.1 Å². The molecule has 0 saturated carbocycles. The third kappa shape index (κ3) is 6.52. The van der Waals surface area contributed by atoms with Gasteiger partial charge in [-0.25, -0.2) is 9.18 Å². The number of carbonyl (C=O) groups excluding carboxylic acids is 4. The quantitative estimate of drug-likeness (QED) is 0.167. The first kappa shape index (κ1) is 27.4. The Labute approximate surface area is 205 Å². The third-order valence-corrected chi connectivity index (χ3v) is 5.35.